The van der Waals surface area contributed by atoms with E-state index in [2.05, 4.69) is 323 Å². The Balaban J connectivity index is 1.02. The van der Waals surface area contributed by atoms with E-state index in [4.69, 9.17) is 0 Å². The van der Waals surface area contributed by atoms with Crippen LogP contribution in [0.2, 0.25) is 0 Å². The molecule has 13 rings (SSSR count). The third-order valence-electron chi connectivity index (χ3n) is 17.3. The van der Waals surface area contributed by atoms with Crippen LogP contribution in [0, 0.1) is 0 Å². The molecule has 0 spiro atoms. The van der Waals surface area contributed by atoms with E-state index in [1.807, 2.05) is 0 Å². The molecule has 0 aliphatic rings. The molecule has 0 saturated heterocycles. The summed E-state index contributed by atoms with van der Waals surface area (Å²) in [5, 5.41) is 9.96. The highest BCUT2D eigenvalue weighted by atomic mass is 15.1. The van der Waals surface area contributed by atoms with Crippen molar-refractivity contribution in [3.8, 4) is 50.2 Å². The first kappa shape index (κ1) is 52.6. The van der Waals surface area contributed by atoms with Crippen LogP contribution in [-0.2, 0) is 21.7 Å². The molecule has 404 valence electrons. The van der Waals surface area contributed by atoms with Crippen LogP contribution in [-0.4, -0.2) is 4.57 Å². The van der Waals surface area contributed by atoms with Gasteiger partial charge >= 0.3 is 0 Å². The fourth-order valence-electron chi connectivity index (χ4n) is 12.6. The van der Waals surface area contributed by atoms with E-state index in [1.165, 1.54) is 115 Å². The second kappa shape index (κ2) is 19.5. The molecule has 0 bridgehead atoms. The number of benzene rings is 12. The number of para-hydroxylation sites is 3. The first-order valence-electron chi connectivity index (χ1n) is 29.4. The molecule has 1 heterocycles. The van der Waals surface area contributed by atoms with Crippen LogP contribution in [0.15, 0.2) is 231 Å². The Kier molecular flexibility index (Phi) is 12.5. The number of rotatable bonds is 8. The minimum atomic E-state index is -0.00300. The number of hydrogen-bond donors (Lipinski definition) is 0. The average Bonchev–Trinajstić information content (AvgIpc) is 2.29. The summed E-state index contributed by atoms with van der Waals surface area (Å²) in [6.07, 6.45) is 0. The molecule has 0 aliphatic carbocycles. The molecule has 2 nitrogen and oxygen atoms in total. The zero-order chi connectivity index (χ0) is 57.0. The number of nitrogens with zero attached hydrogens (tertiary/aromatic N) is 2. The van der Waals surface area contributed by atoms with Crippen LogP contribution in [0.1, 0.15) is 105 Å². The number of aromatic nitrogens is 1. The van der Waals surface area contributed by atoms with Crippen LogP contribution in [0.4, 0.5) is 17.1 Å². The molecule has 0 saturated carbocycles. The van der Waals surface area contributed by atoms with Crippen molar-refractivity contribution in [2.45, 2.75) is 105 Å². The maximum absolute atomic E-state index is 2.54. The second-order valence-electron chi connectivity index (χ2n) is 27.1. The van der Waals surface area contributed by atoms with E-state index in [9.17, 15) is 0 Å². The summed E-state index contributed by atoms with van der Waals surface area (Å²) < 4.78 is 2.47. The molecule has 0 N–H and O–H groups in total. The molecule has 0 aliphatic heterocycles. The van der Waals surface area contributed by atoms with Gasteiger partial charge in [0.15, 0.2) is 0 Å². The standard InChI is InChI=1S/C80H74N2/c1-77(2,3)60-44-58(45-61(49-60)78(4,5)6)54-23-19-22-53(42-54)56-25-21-27-64(48-56)81(70-31-16-13-28-65(70)57-26-20-24-55(43-57)59-46-62(79(7,8)9)50-63(47-59)80(10,11)12)73-40-36-51-35-39-69-74(41-37-52-34-38-68(73)75(51)76(52)69)82-71-32-17-14-29-66(71)67-30-15-18-33-72(67)82/h13-50H,1-12H3. The first-order chi connectivity index (χ1) is 39.2. The molecule has 0 fully saturated rings. The zero-order valence-electron chi connectivity index (χ0n) is 49.8. The summed E-state index contributed by atoms with van der Waals surface area (Å²) in [6, 6.07) is 87.6. The minimum absolute atomic E-state index is 0.00300. The van der Waals surface area contributed by atoms with Crippen molar-refractivity contribution in [3.05, 3.63) is 253 Å². The molecule has 13 aromatic rings. The van der Waals surface area contributed by atoms with Crippen molar-refractivity contribution in [1.29, 1.82) is 0 Å². The predicted molar refractivity (Wildman–Crippen MR) is 356 cm³/mol. The number of hydrogen-bond acceptors (Lipinski definition) is 1. The summed E-state index contributed by atoms with van der Waals surface area (Å²) in [7, 11) is 0. The summed E-state index contributed by atoms with van der Waals surface area (Å²) in [6.45, 7) is 27.9. The molecule has 0 radical (unpaired) electrons. The van der Waals surface area contributed by atoms with Gasteiger partial charge in [-0.2, -0.15) is 0 Å². The Bertz CT molecular complexity index is 4490. The van der Waals surface area contributed by atoms with Gasteiger partial charge in [-0.25, -0.2) is 0 Å². The lowest BCUT2D eigenvalue weighted by Gasteiger charge is -2.30. The summed E-state index contributed by atoms with van der Waals surface area (Å²) in [5.41, 5.74) is 21.9. The van der Waals surface area contributed by atoms with Gasteiger partial charge in [-0.15, -0.1) is 0 Å². The van der Waals surface area contributed by atoms with E-state index in [1.54, 1.807) is 0 Å². The maximum atomic E-state index is 2.54. The fourth-order valence-corrected chi connectivity index (χ4v) is 12.6. The van der Waals surface area contributed by atoms with Crippen molar-refractivity contribution in [2.75, 3.05) is 4.90 Å². The zero-order valence-corrected chi connectivity index (χ0v) is 49.8. The first-order valence-corrected chi connectivity index (χ1v) is 29.4. The van der Waals surface area contributed by atoms with Crippen LogP contribution in [0.5, 0.6) is 0 Å². The van der Waals surface area contributed by atoms with E-state index in [-0.39, 0.29) is 21.7 Å². The third-order valence-corrected chi connectivity index (χ3v) is 17.3. The largest absolute Gasteiger partial charge is 0.309 e. The predicted octanol–water partition coefficient (Wildman–Crippen LogP) is 23.0. The molecule has 2 heteroatoms. The Hall–Kier alpha value is -8.72. The Labute approximate surface area is 485 Å². The van der Waals surface area contributed by atoms with E-state index in [0.717, 1.165) is 28.2 Å². The second-order valence-corrected chi connectivity index (χ2v) is 27.1. The maximum Gasteiger partial charge on any atom is 0.0541 e. The average molecular weight is 1060 g/mol. The highest BCUT2D eigenvalue weighted by Gasteiger charge is 2.26. The lowest BCUT2D eigenvalue weighted by Crippen LogP contribution is -2.16. The highest BCUT2D eigenvalue weighted by molar-refractivity contribution is 6.27. The van der Waals surface area contributed by atoms with Crippen molar-refractivity contribution in [1.82, 2.24) is 4.57 Å². The summed E-state index contributed by atoms with van der Waals surface area (Å²) >= 11 is 0. The quantitative estimate of drug-likeness (QED) is 0.138. The molecule has 82 heavy (non-hydrogen) atoms. The topological polar surface area (TPSA) is 8.17 Å². The molecule has 1 aromatic heterocycles. The van der Waals surface area contributed by atoms with E-state index in [0.29, 0.717) is 0 Å². The van der Waals surface area contributed by atoms with Crippen molar-refractivity contribution < 1.29 is 0 Å². The van der Waals surface area contributed by atoms with Crippen LogP contribution >= 0.6 is 0 Å². The van der Waals surface area contributed by atoms with Gasteiger partial charge < -0.3 is 9.47 Å². The van der Waals surface area contributed by atoms with Gasteiger partial charge in [0.25, 0.3) is 0 Å². The number of fused-ring (bicyclic) bond motifs is 3. The van der Waals surface area contributed by atoms with Crippen molar-refractivity contribution in [2.24, 2.45) is 0 Å². The van der Waals surface area contributed by atoms with Crippen LogP contribution in [0.25, 0.3) is 104 Å². The third kappa shape index (κ3) is 9.33. The summed E-state index contributed by atoms with van der Waals surface area (Å²) in [5.74, 6) is 0. The Morgan fingerprint density at radius 2 is 0.695 bits per heavy atom. The molecular formula is C80H74N2. The normalized spacial score (nSPS) is 12.6. The van der Waals surface area contributed by atoms with E-state index >= 15 is 0 Å². The molecule has 0 atom stereocenters. The van der Waals surface area contributed by atoms with Crippen LogP contribution < -0.4 is 4.90 Å². The molecule has 12 aromatic carbocycles. The van der Waals surface area contributed by atoms with Gasteiger partial charge in [0, 0.05) is 32.8 Å². The van der Waals surface area contributed by atoms with Gasteiger partial charge in [-0.3, -0.25) is 0 Å². The Morgan fingerprint density at radius 3 is 1.24 bits per heavy atom. The fraction of sp³-hybridized carbons (Fsp3) is 0.200. The lowest BCUT2D eigenvalue weighted by atomic mass is 9.79. The lowest BCUT2D eigenvalue weighted by molar-refractivity contribution is 0.568. The van der Waals surface area contributed by atoms with Gasteiger partial charge in [-0.05, 0) is 159 Å². The van der Waals surface area contributed by atoms with Crippen molar-refractivity contribution >= 4 is 71.2 Å². The minimum Gasteiger partial charge on any atom is -0.309 e. The molecule has 0 amide bonds. The SMILES string of the molecule is CC(C)(C)c1cc(-c2cccc(-c3cccc(N(c4ccccc4-c4cccc(-c5cc(C(C)(C)C)cc(C(C)(C)C)c5)c4)c4ccc5ccc6c(-n7c8ccccc8c8ccccc87)ccc7ccc4c5c76)c3)c2)cc(C(C)(C)C)c1. The van der Waals surface area contributed by atoms with Gasteiger partial charge in [0.05, 0.1) is 28.1 Å². The van der Waals surface area contributed by atoms with E-state index < -0.39 is 0 Å². The summed E-state index contributed by atoms with van der Waals surface area (Å²) in [4.78, 5) is 2.54. The monoisotopic (exact) mass is 1060 g/mol. The van der Waals surface area contributed by atoms with Crippen molar-refractivity contribution in [3.63, 3.8) is 0 Å². The Morgan fingerprint density at radius 1 is 0.280 bits per heavy atom. The highest BCUT2D eigenvalue weighted by Crippen LogP contribution is 2.49. The van der Waals surface area contributed by atoms with Crippen LogP contribution in [0.3, 0.4) is 0 Å². The number of anilines is 3. The van der Waals surface area contributed by atoms with Gasteiger partial charge in [0.1, 0.15) is 0 Å². The molecule has 0 unspecified atom stereocenters. The van der Waals surface area contributed by atoms with Gasteiger partial charge in [-0.1, -0.05) is 259 Å². The molecular weight excluding hydrogens is 989 g/mol. The smallest absolute Gasteiger partial charge is 0.0541 e. The van der Waals surface area contributed by atoms with Gasteiger partial charge in [0.2, 0.25) is 0 Å².